The summed E-state index contributed by atoms with van der Waals surface area (Å²) in [6.45, 7) is 7.58. The lowest BCUT2D eigenvalue weighted by Crippen LogP contribution is -2.13. The number of methoxy groups -OCH3 is 1. The van der Waals surface area contributed by atoms with Crippen LogP contribution < -0.4 is 5.32 Å². The zero-order valence-electron chi connectivity index (χ0n) is 12.3. The number of hydrogen-bond acceptors (Lipinski definition) is 7. The predicted molar refractivity (Wildman–Crippen MR) is 78.3 cm³/mol. The Balaban J connectivity index is 1.95. The molecule has 6 nitrogen and oxygen atoms in total. The summed E-state index contributed by atoms with van der Waals surface area (Å²) in [4.78, 5) is 8.88. The van der Waals surface area contributed by atoms with E-state index in [1.54, 1.807) is 18.4 Å². The third-order valence-corrected chi connectivity index (χ3v) is 3.45. The molecule has 0 fully saturated rings. The van der Waals surface area contributed by atoms with E-state index in [1.165, 1.54) is 0 Å². The van der Waals surface area contributed by atoms with Crippen molar-refractivity contribution in [3.63, 3.8) is 0 Å². The first-order valence-electron chi connectivity index (χ1n) is 6.49. The van der Waals surface area contributed by atoms with Crippen molar-refractivity contribution in [2.45, 2.75) is 32.6 Å². The van der Waals surface area contributed by atoms with Gasteiger partial charge in [-0.3, -0.25) is 0 Å². The Morgan fingerprint density at radius 1 is 1.35 bits per heavy atom. The number of anilines is 1. The van der Waals surface area contributed by atoms with Crippen molar-refractivity contribution >= 4 is 16.5 Å². The van der Waals surface area contributed by atoms with Crippen LogP contribution in [0, 0.1) is 0 Å². The fourth-order valence-electron chi connectivity index (χ4n) is 1.52. The number of nitrogens with zero attached hydrogens (tertiary/aromatic N) is 3. The Morgan fingerprint density at radius 2 is 2.15 bits per heavy atom. The van der Waals surface area contributed by atoms with E-state index in [2.05, 4.69) is 41.2 Å². The zero-order chi connectivity index (χ0) is 14.6. The molecule has 0 aliphatic heterocycles. The van der Waals surface area contributed by atoms with Crippen molar-refractivity contribution in [1.82, 2.24) is 15.1 Å². The molecule has 0 bridgehead atoms. The van der Waals surface area contributed by atoms with Gasteiger partial charge in [-0.15, -0.1) is 11.3 Å². The van der Waals surface area contributed by atoms with E-state index in [1.807, 2.05) is 5.38 Å². The maximum absolute atomic E-state index is 5.27. The quantitative estimate of drug-likeness (QED) is 0.826. The highest BCUT2D eigenvalue weighted by Crippen LogP contribution is 2.21. The summed E-state index contributed by atoms with van der Waals surface area (Å²) >= 11 is 1.56. The normalized spacial score (nSPS) is 11.8. The van der Waals surface area contributed by atoms with Gasteiger partial charge >= 0.3 is 0 Å². The molecule has 0 saturated carbocycles. The SMILES string of the molecule is COCCNc1nc(Cc2nc(C(C)(C)C)no2)cs1. The van der Waals surface area contributed by atoms with Crippen LogP contribution in [-0.4, -0.2) is 35.4 Å². The molecule has 110 valence electrons. The monoisotopic (exact) mass is 296 g/mol. The molecule has 2 rings (SSSR count). The van der Waals surface area contributed by atoms with Gasteiger partial charge in [0.15, 0.2) is 11.0 Å². The minimum Gasteiger partial charge on any atom is -0.383 e. The summed E-state index contributed by atoms with van der Waals surface area (Å²) in [5.41, 5.74) is 0.829. The number of ether oxygens (including phenoxy) is 1. The van der Waals surface area contributed by atoms with Crippen molar-refractivity contribution in [3.05, 3.63) is 22.8 Å². The number of thiazole rings is 1. The third-order valence-electron chi connectivity index (χ3n) is 2.61. The molecule has 0 radical (unpaired) electrons. The lowest BCUT2D eigenvalue weighted by atomic mass is 9.96. The molecular weight excluding hydrogens is 276 g/mol. The smallest absolute Gasteiger partial charge is 0.232 e. The van der Waals surface area contributed by atoms with Crippen LogP contribution in [0.1, 0.15) is 38.2 Å². The summed E-state index contributed by atoms with van der Waals surface area (Å²) in [5.74, 6) is 1.32. The lowest BCUT2D eigenvalue weighted by Gasteiger charge is -2.10. The molecule has 2 heterocycles. The maximum atomic E-state index is 5.27. The second-order valence-corrected chi connectivity index (χ2v) is 6.36. The highest BCUT2D eigenvalue weighted by molar-refractivity contribution is 7.13. The molecule has 0 aliphatic carbocycles. The van der Waals surface area contributed by atoms with Gasteiger partial charge in [-0.25, -0.2) is 4.98 Å². The van der Waals surface area contributed by atoms with Gasteiger partial charge in [0.2, 0.25) is 5.89 Å². The average molecular weight is 296 g/mol. The molecule has 7 heteroatoms. The van der Waals surface area contributed by atoms with Crippen molar-refractivity contribution in [2.24, 2.45) is 0 Å². The first-order valence-corrected chi connectivity index (χ1v) is 7.37. The molecule has 0 unspecified atom stereocenters. The Kier molecular flexibility index (Phi) is 4.72. The summed E-state index contributed by atoms with van der Waals surface area (Å²) < 4.78 is 10.2. The van der Waals surface area contributed by atoms with E-state index in [-0.39, 0.29) is 5.41 Å². The first kappa shape index (κ1) is 14.9. The van der Waals surface area contributed by atoms with Crippen molar-refractivity contribution in [1.29, 1.82) is 0 Å². The van der Waals surface area contributed by atoms with Crippen molar-refractivity contribution in [3.8, 4) is 0 Å². The average Bonchev–Trinajstić information content (AvgIpc) is 2.99. The van der Waals surface area contributed by atoms with Crippen LogP contribution in [0.3, 0.4) is 0 Å². The van der Waals surface area contributed by atoms with Crippen LogP contribution in [0.5, 0.6) is 0 Å². The van der Waals surface area contributed by atoms with Gasteiger partial charge in [-0.1, -0.05) is 25.9 Å². The second kappa shape index (κ2) is 6.32. The molecule has 1 N–H and O–H groups in total. The van der Waals surface area contributed by atoms with E-state index in [4.69, 9.17) is 9.26 Å². The van der Waals surface area contributed by atoms with E-state index < -0.39 is 0 Å². The van der Waals surface area contributed by atoms with E-state index in [9.17, 15) is 0 Å². The number of rotatable bonds is 6. The summed E-state index contributed by atoms with van der Waals surface area (Å²) in [7, 11) is 1.68. The molecule has 2 aromatic heterocycles. The Labute approximate surface area is 122 Å². The van der Waals surface area contributed by atoms with Gasteiger partial charge in [-0.05, 0) is 0 Å². The number of aromatic nitrogens is 3. The Bertz CT molecular complexity index is 545. The topological polar surface area (TPSA) is 73.1 Å². The van der Waals surface area contributed by atoms with E-state index in [0.29, 0.717) is 18.9 Å². The number of hydrogen-bond donors (Lipinski definition) is 1. The molecule has 20 heavy (non-hydrogen) atoms. The van der Waals surface area contributed by atoms with Gasteiger partial charge in [0.25, 0.3) is 0 Å². The van der Waals surface area contributed by atoms with Crippen LogP contribution in [0.15, 0.2) is 9.90 Å². The van der Waals surface area contributed by atoms with Crippen LogP contribution in [0.2, 0.25) is 0 Å². The highest BCUT2D eigenvalue weighted by Gasteiger charge is 2.21. The number of nitrogens with one attached hydrogen (secondary N) is 1. The molecular formula is C13H20N4O2S. The second-order valence-electron chi connectivity index (χ2n) is 5.50. The first-order chi connectivity index (χ1) is 9.49. The van der Waals surface area contributed by atoms with E-state index >= 15 is 0 Å². The predicted octanol–water partition coefficient (Wildman–Crippen LogP) is 2.47. The third kappa shape index (κ3) is 4.01. The summed E-state index contributed by atoms with van der Waals surface area (Å²) in [6.07, 6.45) is 0.561. The summed E-state index contributed by atoms with van der Waals surface area (Å²) in [5, 5.41) is 10.1. The molecule has 0 atom stereocenters. The fourth-order valence-corrected chi connectivity index (χ4v) is 2.25. The van der Waals surface area contributed by atoms with Gasteiger partial charge in [0.1, 0.15) is 0 Å². The Morgan fingerprint density at radius 3 is 2.80 bits per heavy atom. The van der Waals surface area contributed by atoms with Gasteiger partial charge in [0, 0.05) is 24.4 Å². The standard InChI is InChI=1S/C13H20N4O2S/c1-13(2,3)11-16-10(19-17-11)7-9-8-20-12(15-9)14-5-6-18-4/h8H,5-7H2,1-4H3,(H,14,15). The van der Waals surface area contributed by atoms with Crippen LogP contribution in [0.4, 0.5) is 5.13 Å². The molecule has 0 aromatic carbocycles. The molecule has 2 aromatic rings. The molecule has 0 aliphatic rings. The lowest BCUT2D eigenvalue weighted by molar-refractivity contribution is 0.211. The highest BCUT2D eigenvalue weighted by atomic mass is 32.1. The van der Waals surface area contributed by atoms with Crippen LogP contribution >= 0.6 is 11.3 Å². The van der Waals surface area contributed by atoms with Gasteiger partial charge in [-0.2, -0.15) is 4.98 Å². The van der Waals surface area contributed by atoms with Gasteiger partial charge in [0.05, 0.1) is 18.7 Å². The van der Waals surface area contributed by atoms with E-state index in [0.717, 1.165) is 23.2 Å². The molecule has 0 amide bonds. The van der Waals surface area contributed by atoms with Crippen LogP contribution in [-0.2, 0) is 16.6 Å². The maximum Gasteiger partial charge on any atom is 0.232 e. The Hall–Kier alpha value is -1.47. The molecule has 0 spiro atoms. The zero-order valence-corrected chi connectivity index (χ0v) is 13.1. The fraction of sp³-hybridized carbons (Fsp3) is 0.615. The van der Waals surface area contributed by atoms with Crippen molar-refractivity contribution < 1.29 is 9.26 Å². The van der Waals surface area contributed by atoms with Crippen LogP contribution in [0.25, 0.3) is 0 Å². The minimum atomic E-state index is -0.101. The van der Waals surface area contributed by atoms with Crippen molar-refractivity contribution in [2.75, 3.05) is 25.6 Å². The summed E-state index contributed by atoms with van der Waals surface area (Å²) in [6, 6.07) is 0. The van der Waals surface area contributed by atoms with Gasteiger partial charge < -0.3 is 14.6 Å². The minimum absolute atomic E-state index is 0.101. The largest absolute Gasteiger partial charge is 0.383 e. The molecule has 0 saturated heterocycles.